The molecule has 0 aliphatic carbocycles. The van der Waals surface area contributed by atoms with Crippen LogP contribution in [0.15, 0.2) is 30.7 Å². The maximum Gasteiger partial charge on any atom is 0.257 e. The average Bonchev–Trinajstić information content (AvgIpc) is 3.33. The van der Waals surface area contributed by atoms with Crippen LogP contribution in [-0.4, -0.2) is 56.6 Å². The second kappa shape index (κ2) is 7.91. The standard InChI is InChI=1S/C21H28N8O/c1-4-18(27(3)21(30)15-10-24-7-5-16(15)23)17-9-19-25-20(13(2)11-29(19)26-17)28-8-6-14(22)12-28/h5,7,9-11,14,18H,4,6,8,12,22H2,1-3H3,(H2,23,24)/t14-,18-/m0/s1. The van der Waals surface area contributed by atoms with Crippen LogP contribution in [0, 0.1) is 6.92 Å². The number of nitrogens with two attached hydrogens (primary N) is 2. The van der Waals surface area contributed by atoms with Crippen LogP contribution < -0.4 is 16.4 Å². The molecule has 9 nitrogen and oxygen atoms in total. The zero-order valence-electron chi connectivity index (χ0n) is 17.6. The van der Waals surface area contributed by atoms with Gasteiger partial charge in [0.2, 0.25) is 0 Å². The minimum Gasteiger partial charge on any atom is -0.398 e. The van der Waals surface area contributed by atoms with Crippen molar-refractivity contribution in [1.82, 2.24) is 24.5 Å². The molecular formula is C21H28N8O. The molecule has 4 rings (SSSR count). The van der Waals surface area contributed by atoms with Crippen molar-refractivity contribution in [2.24, 2.45) is 5.73 Å². The number of aromatic nitrogens is 4. The van der Waals surface area contributed by atoms with Crippen molar-refractivity contribution in [1.29, 1.82) is 0 Å². The number of hydrogen-bond acceptors (Lipinski definition) is 7. The third-order valence-electron chi connectivity index (χ3n) is 5.75. The largest absolute Gasteiger partial charge is 0.398 e. The number of nitrogen functional groups attached to an aromatic ring is 1. The minimum absolute atomic E-state index is 0.180. The van der Waals surface area contributed by atoms with Gasteiger partial charge in [0.1, 0.15) is 5.82 Å². The van der Waals surface area contributed by atoms with Gasteiger partial charge in [-0.2, -0.15) is 5.10 Å². The maximum atomic E-state index is 13.0. The molecule has 1 saturated heterocycles. The van der Waals surface area contributed by atoms with Crippen molar-refractivity contribution in [2.75, 3.05) is 30.8 Å². The number of anilines is 2. The van der Waals surface area contributed by atoms with Crippen molar-refractivity contribution >= 4 is 23.1 Å². The lowest BCUT2D eigenvalue weighted by molar-refractivity contribution is 0.0723. The first-order valence-electron chi connectivity index (χ1n) is 10.2. The fourth-order valence-corrected chi connectivity index (χ4v) is 4.08. The summed E-state index contributed by atoms with van der Waals surface area (Å²) in [7, 11) is 1.77. The third-order valence-corrected chi connectivity index (χ3v) is 5.75. The smallest absolute Gasteiger partial charge is 0.257 e. The SMILES string of the molecule is CC[C@@H](c1cc2nc(N3CC[C@H](N)C3)c(C)cn2n1)N(C)C(=O)c1cnccc1N. The van der Waals surface area contributed by atoms with Gasteiger partial charge in [0, 0.05) is 62.1 Å². The van der Waals surface area contributed by atoms with Crippen LogP contribution >= 0.6 is 0 Å². The summed E-state index contributed by atoms with van der Waals surface area (Å²) in [6.07, 6.45) is 6.74. The van der Waals surface area contributed by atoms with E-state index in [1.807, 2.05) is 26.1 Å². The molecule has 9 heteroatoms. The summed E-state index contributed by atoms with van der Waals surface area (Å²) in [5, 5.41) is 4.72. The Kier molecular flexibility index (Phi) is 5.29. The van der Waals surface area contributed by atoms with Gasteiger partial charge in [-0.15, -0.1) is 0 Å². The normalized spacial score (nSPS) is 17.5. The van der Waals surface area contributed by atoms with Gasteiger partial charge < -0.3 is 21.3 Å². The van der Waals surface area contributed by atoms with Gasteiger partial charge in [0.05, 0.1) is 17.3 Å². The predicted molar refractivity (Wildman–Crippen MR) is 116 cm³/mol. The molecule has 4 heterocycles. The quantitative estimate of drug-likeness (QED) is 0.660. The zero-order chi connectivity index (χ0) is 21.4. The van der Waals surface area contributed by atoms with Crippen LogP contribution in [0.3, 0.4) is 0 Å². The van der Waals surface area contributed by atoms with Gasteiger partial charge in [-0.3, -0.25) is 9.78 Å². The second-order valence-corrected chi connectivity index (χ2v) is 7.92. The average molecular weight is 409 g/mol. The van der Waals surface area contributed by atoms with E-state index in [0.29, 0.717) is 17.7 Å². The summed E-state index contributed by atoms with van der Waals surface area (Å²) in [6.45, 7) is 5.78. The molecule has 1 aliphatic heterocycles. The number of rotatable bonds is 5. The highest BCUT2D eigenvalue weighted by molar-refractivity contribution is 5.98. The van der Waals surface area contributed by atoms with E-state index in [0.717, 1.165) is 42.2 Å². The Morgan fingerprint density at radius 1 is 1.43 bits per heavy atom. The third kappa shape index (κ3) is 3.56. The molecule has 0 unspecified atom stereocenters. The summed E-state index contributed by atoms with van der Waals surface area (Å²) in [4.78, 5) is 25.8. The van der Waals surface area contributed by atoms with Gasteiger partial charge in [-0.1, -0.05) is 6.92 Å². The van der Waals surface area contributed by atoms with Crippen molar-refractivity contribution in [3.63, 3.8) is 0 Å². The Labute approximate surface area is 175 Å². The maximum absolute atomic E-state index is 13.0. The molecule has 0 aromatic carbocycles. The van der Waals surface area contributed by atoms with Crippen LogP contribution in [0.2, 0.25) is 0 Å². The Morgan fingerprint density at radius 2 is 2.23 bits per heavy atom. The summed E-state index contributed by atoms with van der Waals surface area (Å²) in [6, 6.07) is 3.56. The highest BCUT2D eigenvalue weighted by Gasteiger charge is 2.26. The number of carbonyl (C=O) groups is 1. The molecule has 0 radical (unpaired) electrons. The van der Waals surface area contributed by atoms with Gasteiger partial charge in [-0.05, 0) is 25.8 Å². The topological polar surface area (TPSA) is 119 Å². The number of hydrogen-bond donors (Lipinski definition) is 2. The molecular weight excluding hydrogens is 380 g/mol. The molecule has 0 spiro atoms. The summed E-state index contributed by atoms with van der Waals surface area (Å²) in [5.41, 5.74) is 15.4. The Bertz CT molecular complexity index is 1080. The fourth-order valence-electron chi connectivity index (χ4n) is 4.08. The molecule has 3 aromatic heterocycles. The van der Waals surface area contributed by atoms with Crippen LogP contribution in [-0.2, 0) is 0 Å². The van der Waals surface area contributed by atoms with Gasteiger partial charge in [0.15, 0.2) is 5.65 Å². The van der Waals surface area contributed by atoms with Crippen molar-refractivity contribution in [3.8, 4) is 0 Å². The number of nitrogens with zero attached hydrogens (tertiary/aromatic N) is 6. The first kappa shape index (κ1) is 20.1. The second-order valence-electron chi connectivity index (χ2n) is 7.92. The van der Waals surface area contributed by atoms with Crippen molar-refractivity contribution in [3.05, 3.63) is 47.5 Å². The number of pyridine rings is 1. The molecule has 1 amide bonds. The highest BCUT2D eigenvalue weighted by Crippen LogP contribution is 2.27. The Balaban J connectivity index is 1.65. The molecule has 2 atom stereocenters. The first-order chi connectivity index (χ1) is 14.4. The van der Waals surface area contributed by atoms with E-state index in [-0.39, 0.29) is 18.0 Å². The van der Waals surface area contributed by atoms with Gasteiger partial charge in [-0.25, -0.2) is 9.50 Å². The van der Waals surface area contributed by atoms with E-state index in [1.54, 1.807) is 28.7 Å². The van der Waals surface area contributed by atoms with Gasteiger partial charge >= 0.3 is 0 Å². The van der Waals surface area contributed by atoms with E-state index in [1.165, 1.54) is 6.20 Å². The molecule has 0 saturated carbocycles. The molecule has 0 bridgehead atoms. The lowest BCUT2D eigenvalue weighted by Gasteiger charge is -2.26. The molecule has 1 fully saturated rings. The van der Waals surface area contributed by atoms with Crippen LogP contribution in [0.4, 0.5) is 11.5 Å². The molecule has 4 N–H and O–H groups in total. The highest BCUT2D eigenvalue weighted by atomic mass is 16.2. The number of carbonyl (C=O) groups excluding carboxylic acids is 1. The Hall–Kier alpha value is -3.20. The fraction of sp³-hybridized carbons (Fsp3) is 0.429. The number of fused-ring (bicyclic) bond motifs is 1. The van der Waals surface area contributed by atoms with Gasteiger partial charge in [0.25, 0.3) is 5.91 Å². The van der Waals surface area contributed by atoms with E-state index >= 15 is 0 Å². The monoisotopic (exact) mass is 408 g/mol. The van der Waals surface area contributed by atoms with E-state index in [9.17, 15) is 4.79 Å². The number of amides is 1. The summed E-state index contributed by atoms with van der Waals surface area (Å²) < 4.78 is 1.78. The van der Waals surface area contributed by atoms with Crippen LogP contribution in [0.1, 0.15) is 47.4 Å². The first-order valence-corrected chi connectivity index (χ1v) is 10.2. The van der Waals surface area contributed by atoms with Crippen molar-refractivity contribution < 1.29 is 4.79 Å². The van der Waals surface area contributed by atoms with E-state index in [2.05, 4.69) is 9.88 Å². The number of aryl methyl sites for hydroxylation is 1. The molecule has 30 heavy (non-hydrogen) atoms. The minimum atomic E-state index is -0.206. The van der Waals surface area contributed by atoms with Crippen molar-refractivity contribution in [2.45, 2.75) is 38.8 Å². The zero-order valence-corrected chi connectivity index (χ0v) is 17.6. The lowest BCUT2D eigenvalue weighted by atomic mass is 10.1. The van der Waals surface area contributed by atoms with Crippen LogP contribution in [0.5, 0.6) is 0 Å². The predicted octanol–water partition coefficient (Wildman–Crippen LogP) is 1.78. The molecule has 3 aromatic rings. The van der Waals surface area contributed by atoms with E-state index < -0.39 is 0 Å². The Morgan fingerprint density at radius 3 is 2.90 bits per heavy atom. The lowest BCUT2D eigenvalue weighted by Crippen LogP contribution is -2.31. The molecule has 1 aliphatic rings. The summed E-state index contributed by atoms with van der Waals surface area (Å²) >= 11 is 0. The van der Waals surface area contributed by atoms with E-state index in [4.69, 9.17) is 21.5 Å². The van der Waals surface area contributed by atoms with Crippen LogP contribution in [0.25, 0.3) is 5.65 Å². The molecule has 158 valence electrons. The summed E-state index contributed by atoms with van der Waals surface area (Å²) in [5.74, 6) is 0.767.